The van der Waals surface area contributed by atoms with E-state index in [0.29, 0.717) is 5.91 Å². The molecule has 7 heteroatoms. The first-order valence-corrected chi connectivity index (χ1v) is 11.9. The van der Waals surface area contributed by atoms with E-state index >= 15 is 0 Å². The zero-order valence-electron chi connectivity index (χ0n) is 19.3. The quantitative estimate of drug-likeness (QED) is 0.627. The number of amides is 1. The van der Waals surface area contributed by atoms with Gasteiger partial charge in [0, 0.05) is 38.5 Å². The van der Waals surface area contributed by atoms with Crippen molar-refractivity contribution < 1.29 is 4.79 Å². The Bertz CT molecular complexity index is 1140. The van der Waals surface area contributed by atoms with Crippen molar-refractivity contribution in [3.8, 4) is 5.69 Å². The average molecular weight is 433 g/mol. The fourth-order valence-electron chi connectivity index (χ4n) is 5.13. The van der Waals surface area contributed by atoms with E-state index in [9.17, 15) is 4.79 Å². The Morgan fingerprint density at radius 3 is 2.44 bits per heavy atom. The Morgan fingerprint density at radius 1 is 1.03 bits per heavy atom. The highest BCUT2D eigenvalue weighted by Gasteiger charge is 2.31. The molecule has 0 bridgehead atoms. The number of para-hydroxylation sites is 1. The highest BCUT2D eigenvalue weighted by atomic mass is 16.2. The fraction of sp³-hybridized carbons (Fsp3) is 0.520. The van der Waals surface area contributed by atoms with Gasteiger partial charge in [0.05, 0.1) is 16.8 Å². The Balaban J connectivity index is 1.48. The highest BCUT2D eigenvalue weighted by Crippen LogP contribution is 2.31. The molecule has 0 unspecified atom stereocenters. The molecule has 0 atom stereocenters. The lowest BCUT2D eigenvalue weighted by Crippen LogP contribution is -2.50. The van der Waals surface area contributed by atoms with Crippen molar-refractivity contribution in [2.24, 2.45) is 5.92 Å². The van der Waals surface area contributed by atoms with Gasteiger partial charge in [0.1, 0.15) is 11.6 Å². The maximum Gasteiger partial charge on any atom is 0.225 e. The monoisotopic (exact) mass is 432 g/mol. The molecule has 1 aliphatic heterocycles. The largest absolute Gasteiger partial charge is 0.352 e. The van der Waals surface area contributed by atoms with Gasteiger partial charge in [-0.25, -0.2) is 14.6 Å². The number of rotatable bonds is 4. The van der Waals surface area contributed by atoms with Crippen molar-refractivity contribution in [2.45, 2.75) is 52.9 Å². The second-order valence-electron chi connectivity index (χ2n) is 9.09. The van der Waals surface area contributed by atoms with Crippen LogP contribution in [0.25, 0.3) is 16.7 Å². The number of carbonyl (C=O) groups excluding carboxylic acids is 1. The molecule has 2 aliphatic rings. The zero-order chi connectivity index (χ0) is 22.2. The van der Waals surface area contributed by atoms with Crippen LogP contribution in [-0.4, -0.2) is 56.7 Å². The summed E-state index contributed by atoms with van der Waals surface area (Å²) in [6, 6.07) is 8.26. The van der Waals surface area contributed by atoms with E-state index in [1.807, 2.05) is 23.7 Å². The molecule has 1 saturated heterocycles. The highest BCUT2D eigenvalue weighted by molar-refractivity contribution is 5.91. The second-order valence-corrected chi connectivity index (χ2v) is 9.09. The maximum atomic E-state index is 12.9. The lowest BCUT2D eigenvalue weighted by atomic mass is 10.1. The number of nitrogens with zero attached hydrogens (tertiary/aromatic N) is 6. The van der Waals surface area contributed by atoms with Gasteiger partial charge in [-0.05, 0) is 38.3 Å². The van der Waals surface area contributed by atoms with E-state index in [4.69, 9.17) is 15.1 Å². The zero-order valence-corrected chi connectivity index (χ0v) is 19.3. The van der Waals surface area contributed by atoms with Gasteiger partial charge in [-0.3, -0.25) is 4.79 Å². The minimum Gasteiger partial charge on any atom is -0.352 e. The number of aromatic nitrogens is 4. The van der Waals surface area contributed by atoms with E-state index in [0.717, 1.165) is 85.1 Å². The van der Waals surface area contributed by atoms with Crippen LogP contribution in [0.5, 0.6) is 0 Å². The summed E-state index contributed by atoms with van der Waals surface area (Å²) in [5.41, 5.74) is 4.01. The van der Waals surface area contributed by atoms with Crippen molar-refractivity contribution in [2.75, 3.05) is 31.1 Å². The van der Waals surface area contributed by atoms with Crippen molar-refractivity contribution in [1.82, 2.24) is 24.6 Å². The molecular weight excluding hydrogens is 400 g/mol. The maximum absolute atomic E-state index is 12.9. The summed E-state index contributed by atoms with van der Waals surface area (Å²) in [4.78, 5) is 27.1. The summed E-state index contributed by atoms with van der Waals surface area (Å²) >= 11 is 0. The molecule has 1 amide bonds. The Morgan fingerprint density at radius 2 is 1.75 bits per heavy atom. The molecule has 7 nitrogen and oxygen atoms in total. The first-order valence-electron chi connectivity index (χ1n) is 11.9. The number of hydrogen-bond donors (Lipinski definition) is 0. The van der Waals surface area contributed by atoms with E-state index in [-0.39, 0.29) is 5.92 Å². The minimum atomic E-state index is 0.244. The number of benzene rings is 1. The first kappa shape index (κ1) is 20.9. The van der Waals surface area contributed by atoms with Crippen molar-refractivity contribution in [1.29, 1.82) is 0 Å². The Hall–Kier alpha value is -2.96. The van der Waals surface area contributed by atoms with Gasteiger partial charge in [0.15, 0.2) is 5.65 Å². The van der Waals surface area contributed by atoms with Gasteiger partial charge in [-0.1, -0.05) is 38.0 Å². The third-order valence-electron chi connectivity index (χ3n) is 6.98. The summed E-state index contributed by atoms with van der Waals surface area (Å²) in [5.74, 6) is 2.38. The summed E-state index contributed by atoms with van der Waals surface area (Å²) in [6.07, 6.45) is 5.27. The molecule has 0 N–H and O–H groups in total. The summed E-state index contributed by atoms with van der Waals surface area (Å²) in [6.45, 7) is 9.33. The van der Waals surface area contributed by atoms with E-state index in [1.165, 1.54) is 12.8 Å². The van der Waals surface area contributed by atoms with E-state index in [1.54, 1.807) is 0 Å². The van der Waals surface area contributed by atoms with E-state index < -0.39 is 0 Å². The molecule has 3 heterocycles. The molecule has 2 fully saturated rings. The van der Waals surface area contributed by atoms with Crippen LogP contribution in [0, 0.1) is 19.8 Å². The van der Waals surface area contributed by atoms with Gasteiger partial charge in [-0.2, -0.15) is 5.10 Å². The average Bonchev–Trinajstić information content (AvgIpc) is 3.47. The second kappa shape index (κ2) is 8.52. The molecule has 1 saturated carbocycles. The molecule has 1 aliphatic carbocycles. The summed E-state index contributed by atoms with van der Waals surface area (Å²) in [5, 5.41) is 5.89. The van der Waals surface area contributed by atoms with Gasteiger partial charge >= 0.3 is 0 Å². The van der Waals surface area contributed by atoms with Crippen molar-refractivity contribution in [3.63, 3.8) is 0 Å². The topological polar surface area (TPSA) is 67.2 Å². The Labute approximate surface area is 189 Å². The van der Waals surface area contributed by atoms with Crippen LogP contribution in [0.1, 0.15) is 49.7 Å². The van der Waals surface area contributed by atoms with Crippen LogP contribution < -0.4 is 4.90 Å². The van der Waals surface area contributed by atoms with Crippen LogP contribution in [0.2, 0.25) is 0 Å². The van der Waals surface area contributed by atoms with Crippen molar-refractivity contribution >= 4 is 22.8 Å². The molecule has 168 valence electrons. The smallest absolute Gasteiger partial charge is 0.225 e. The SMILES string of the molecule is CCc1nc(N2CCN(C(=O)C3CCCC3)CC2)c2c(C)nn(-c3ccccc3C)c2n1. The summed E-state index contributed by atoms with van der Waals surface area (Å²) in [7, 11) is 0. The number of hydrogen-bond acceptors (Lipinski definition) is 5. The number of fused-ring (bicyclic) bond motifs is 1. The van der Waals surface area contributed by atoms with Crippen LogP contribution >= 0.6 is 0 Å². The number of anilines is 1. The minimum absolute atomic E-state index is 0.244. The molecule has 0 spiro atoms. The van der Waals surface area contributed by atoms with Gasteiger partial charge in [-0.15, -0.1) is 0 Å². The third kappa shape index (κ3) is 3.63. The molecule has 32 heavy (non-hydrogen) atoms. The first-order chi connectivity index (χ1) is 15.6. The normalized spacial score (nSPS) is 17.5. The lowest BCUT2D eigenvalue weighted by molar-refractivity contribution is -0.135. The fourth-order valence-corrected chi connectivity index (χ4v) is 5.13. The molecule has 0 radical (unpaired) electrons. The van der Waals surface area contributed by atoms with Gasteiger partial charge in [0.25, 0.3) is 0 Å². The number of aryl methyl sites for hydroxylation is 3. The van der Waals surface area contributed by atoms with Crippen LogP contribution in [0.4, 0.5) is 5.82 Å². The van der Waals surface area contributed by atoms with Crippen LogP contribution in [0.15, 0.2) is 24.3 Å². The molecule has 1 aromatic carbocycles. The van der Waals surface area contributed by atoms with Gasteiger partial charge < -0.3 is 9.80 Å². The number of carbonyl (C=O) groups is 1. The van der Waals surface area contributed by atoms with Crippen LogP contribution in [0.3, 0.4) is 0 Å². The number of piperazine rings is 1. The molecule has 2 aromatic heterocycles. The molecule has 5 rings (SSSR count). The molecule has 3 aromatic rings. The molecular formula is C25H32N6O. The standard InChI is InChI=1S/C25H32N6O/c1-4-21-26-23(29-13-15-30(16-14-29)25(32)19-10-6-7-11-19)22-18(3)28-31(24(22)27-21)20-12-8-5-9-17(20)2/h5,8-9,12,19H,4,6-7,10-11,13-16H2,1-3H3. The van der Waals surface area contributed by atoms with E-state index in [2.05, 4.69) is 35.8 Å². The van der Waals surface area contributed by atoms with Crippen LogP contribution in [-0.2, 0) is 11.2 Å². The predicted molar refractivity (Wildman–Crippen MR) is 126 cm³/mol. The Kier molecular flexibility index (Phi) is 5.57. The van der Waals surface area contributed by atoms with Crippen molar-refractivity contribution in [3.05, 3.63) is 41.3 Å². The predicted octanol–water partition coefficient (Wildman–Crippen LogP) is 3.83. The summed E-state index contributed by atoms with van der Waals surface area (Å²) < 4.78 is 1.96. The van der Waals surface area contributed by atoms with Gasteiger partial charge in [0.2, 0.25) is 5.91 Å². The third-order valence-corrected chi connectivity index (χ3v) is 6.98. The lowest BCUT2D eigenvalue weighted by Gasteiger charge is -2.37.